The summed E-state index contributed by atoms with van der Waals surface area (Å²) in [5, 5.41) is 3.59. The average molecular weight is 430 g/mol. The molecule has 0 saturated carbocycles. The molecule has 3 aromatic rings. The van der Waals surface area contributed by atoms with Gasteiger partial charge in [0.25, 0.3) is 0 Å². The molecule has 1 unspecified atom stereocenters. The normalized spacial score (nSPS) is 11.9. The van der Waals surface area contributed by atoms with Gasteiger partial charge in [0.05, 0.1) is 5.25 Å². The first-order chi connectivity index (χ1) is 12.6. The smallest absolute Gasteiger partial charge is 0.233 e. The number of nitrogens with one attached hydrogen (secondary N) is 1. The Balaban J connectivity index is 1.56. The number of rotatable bonds is 7. The van der Waals surface area contributed by atoms with Gasteiger partial charge in [-0.3, -0.25) is 9.36 Å². The van der Waals surface area contributed by atoms with E-state index in [-0.39, 0.29) is 11.2 Å². The van der Waals surface area contributed by atoms with E-state index in [2.05, 4.69) is 38.4 Å². The molecular weight excluding hydrogens is 410 g/mol. The first-order valence-corrected chi connectivity index (χ1v) is 10.1. The molecule has 134 valence electrons. The highest BCUT2D eigenvalue weighted by atomic mass is 79.9. The SMILES string of the molecule is CC(Sc1nccn1-c1ccc(Br)cc1)C(=O)NCCc1ccccc1. The quantitative estimate of drug-likeness (QED) is 0.563. The number of halogens is 1. The van der Waals surface area contributed by atoms with Crippen LogP contribution >= 0.6 is 27.7 Å². The maximum Gasteiger partial charge on any atom is 0.233 e. The van der Waals surface area contributed by atoms with Crippen LogP contribution in [-0.4, -0.2) is 27.3 Å². The zero-order chi connectivity index (χ0) is 18.4. The Labute approximate surface area is 166 Å². The maximum atomic E-state index is 12.4. The highest BCUT2D eigenvalue weighted by Gasteiger charge is 2.17. The lowest BCUT2D eigenvalue weighted by atomic mass is 10.1. The van der Waals surface area contributed by atoms with Gasteiger partial charge in [-0.05, 0) is 43.2 Å². The minimum Gasteiger partial charge on any atom is -0.355 e. The van der Waals surface area contributed by atoms with Gasteiger partial charge in [0, 0.05) is 29.1 Å². The summed E-state index contributed by atoms with van der Waals surface area (Å²) in [5.41, 5.74) is 2.24. The highest BCUT2D eigenvalue weighted by molar-refractivity contribution is 9.10. The molecule has 1 heterocycles. The Morgan fingerprint density at radius 3 is 2.65 bits per heavy atom. The topological polar surface area (TPSA) is 46.9 Å². The summed E-state index contributed by atoms with van der Waals surface area (Å²) in [6.07, 6.45) is 4.49. The monoisotopic (exact) mass is 429 g/mol. The van der Waals surface area contributed by atoms with Crippen molar-refractivity contribution in [2.75, 3.05) is 6.54 Å². The zero-order valence-corrected chi connectivity index (χ0v) is 16.8. The molecule has 0 saturated heterocycles. The van der Waals surface area contributed by atoms with Gasteiger partial charge in [-0.15, -0.1) is 0 Å². The van der Waals surface area contributed by atoms with Crippen LogP contribution in [0.3, 0.4) is 0 Å². The van der Waals surface area contributed by atoms with E-state index < -0.39 is 0 Å². The molecule has 4 nitrogen and oxygen atoms in total. The van der Waals surface area contributed by atoms with Gasteiger partial charge in [-0.2, -0.15) is 0 Å². The fourth-order valence-electron chi connectivity index (χ4n) is 2.51. The van der Waals surface area contributed by atoms with E-state index in [0.717, 1.165) is 21.7 Å². The van der Waals surface area contributed by atoms with Crippen LogP contribution in [0.15, 0.2) is 76.6 Å². The van der Waals surface area contributed by atoms with E-state index in [1.807, 2.05) is 60.2 Å². The molecule has 0 spiro atoms. The summed E-state index contributed by atoms with van der Waals surface area (Å²) in [4.78, 5) is 16.8. The fraction of sp³-hybridized carbons (Fsp3) is 0.200. The van der Waals surface area contributed by atoms with Crippen molar-refractivity contribution in [1.82, 2.24) is 14.9 Å². The first-order valence-electron chi connectivity index (χ1n) is 8.41. The number of nitrogens with zero attached hydrogens (tertiary/aromatic N) is 2. The number of benzene rings is 2. The highest BCUT2D eigenvalue weighted by Crippen LogP contribution is 2.25. The third-order valence-corrected chi connectivity index (χ3v) is 5.53. The van der Waals surface area contributed by atoms with Crippen LogP contribution < -0.4 is 5.32 Å². The van der Waals surface area contributed by atoms with Gasteiger partial charge >= 0.3 is 0 Å². The lowest BCUT2D eigenvalue weighted by molar-refractivity contribution is -0.120. The molecule has 1 amide bonds. The number of hydrogen-bond donors (Lipinski definition) is 1. The molecule has 0 aliphatic heterocycles. The van der Waals surface area contributed by atoms with Crippen LogP contribution in [0.2, 0.25) is 0 Å². The van der Waals surface area contributed by atoms with Gasteiger partial charge < -0.3 is 5.32 Å². The number of amides is 1. The fourth-order valence-corrected chi connectivity index (χ4v) is 3.68. The zero-order valence-electron chi connectivity index (χ0n) is 14.4. The van der Waals surface area contributed by atoms with E-state index in [0.29, 0.717) is 6.54 Å². The number of aromatic nitrogens is 2. The Morgan fingerprint density at radius 2 is 1.92 bits per heavy atom. The number of carbonyl (C=O) groups excluding carboxylic acids is 1. The molecule has 3 rings (SSSR count). The van der Waals surface area contributed by atoms with Crippen molar-refractivity contribution < 1.29 is 4.79 Å². The number of imidazole rings is 1. The van der Waals surface area contributed by atoms with E-state index in [1.54, 1.807) is 6.20 Å². The molecule has 1 atom stereocenters. The first kappa shape index (κ1) is 18.7. The predicted octanol–water partition coefficient (Wildman–Crippen LogP) is 4.47. The standard InChI is InChI=1S/C20H20BrN3OS/c1-15(19(25)22-12-11-16-5-3-2-4-6-16)26-20-23-13-14-24(20)18-9-7-17(21)8-10-18/h2-10,13-15H,11-12H2,1H3,(H,22,25). The summed E-state index contributed by atoms with van der Waals surface area (Å²) in [6.45, 7) is 2.54. The summed E-state index contributed by atoms with van der Waals surface area (Å²) < 4.78 is 3.02. The van der Waals surface area contributed by atoms with Crippen LogP contribution in [0.5, 0.6) is 0 Å². The third-order valence-electron chi connectivity index (χ3n) is 3.92. The van der Waals surface area contributed by atoms with Gasteiger partial charge in [-0.25, -0.2) is 4.98 Å². The van der Waals surface area contributed by atoms with E-state index in [9.17, 15) is 4.79 Å². The van der Waals surface area contributed by atoms with Crippen molar-refractivity contribution in [2.24, 2.45) is 0 Å². The van der Waals surface area contributed by atoms with Crippen molar-refractivity contribution >= 4 is 33.6 Å². The van der Waals surface area contributed by atoms with Gasteiger partial charge in [0.2, 0.25) is 5.91 Å². The van der Waals surface area contributed by atoms with Crippen LogP contribution in [0.4, 0.5) is 0 Å². The number of hydrogen-bond acceptors (Lipinski definition) is 3. The lowest BCUT2D eigenvalue weighted by Crippen LogP contribution is -2.32. The van der Waals surface area contributed by atoms with Gasteiger partial charge in [0.1, 0.15) is 0 Å². The molecule has 0 aliphatic rings. The molecule has 1 aromatic heterocycles. The predicted molar refractivity (Wildman–Crippen MR) is 110 cm³/mol. The van der Waals surface area contributed by atoms with Gasteiger partial charge in [0.15, 0.2) is 5.16 Å². The molecule has 6 heteroatoms. The second-order valence-corrected chi connectivity index (χ2v) is 8.07. The van der Waals surface area contributed by atoms with Gasteiger partial charge in [-0.1, -0.05) is 58.0 Å². The lowest BCUT2D eigenvalue weighted by Gasteiger charge is -2.13. The molecule has 1 N–H and O–H groups in total. The molecule has 0 bridgehead atoms. The molecule has 0 radical (unpaired) electrons. The second-order valence-electron chi connectivity index (χ2n) is 5.84. The number of thioether (sulfide) groups is 1. The number of carbonyl (C=O) groups is 1. The van der Waals surface area contributed by atoms with E-state index in [4.69, 9.17) is 0 Å². The summed E-state index contributed by atoms with van der Waals surface area (Å²) >= 11 is 4.90. The van der Waals surface area contributed by atoms with Crippen molar-refractivity contribution in [3.63, 3.8) is 0 Å². The maximum absolute atomic E-state index is 12.4. The van der Waals surface area contributed by atoms with Crippen LogP contribution in [0, 0.1) is 0 Å². The molecule has 0 fully saturated rings. The summed E-state index contributed by atoms with van der Waals surface area (Å²) in [5.74, 6) is 0.0243. The largest absolute Gasteiger partial charge is 0.355 e. The third kappa shape index (κ3) is 4.99. The molecule has 0 aliphatic carbocycles. The minimum absolute atomic E-state index is 0.0243. The molecule has 2 aromatic carbocycles. The summed E-state index contributed by atoms with van der Waals surface area (Å²) in [6, 6.07) is 18.2. The van der Waals surface area contributed by atoms with Crippen molar-refractivity contribution in [1.29, 1.82) is 0 Å². The summed E-state index contributed by atoms with van der Waals surface area (Å²) in [7, 11) is 0. The van der Waals surface area contributed by atoms with Crippen molar-refractivity contribution in [3.05, 3.63) is 77.0 Å². The Bertz CT molecular complexity index is 849. The Morgan fingerprint density at radius 1 is 1.19 bits per heavy atom. The molecular formula is C20H20BrN3OS. The van der Waals surface area contributed by atoms with E-state index >= 15 is 0 Å². The average Bonchev–Trinajstić information content (AvgIpc) is 3.11. The van der Waals surface area contributed by atoms with Crippen molar-refractivity contribution in [2.45, 2.75) is 23.8 Å². The van der Waals surface area contributed by atoms with E-state index in [1.165, 1.54) is 17.3 Å². The van der Waals surface area contributed by atoms with Crippen LogP contribution in [0.1, 0.15) is 12.5 Å². The van der Waals surface area contributed by atoms with Crippen LogP contribution in [0.25, 0.3) is 5.69 Å². The Hall–Kier alpha value is -2.05. The Kier molecular flexibility index (Phi) is 6.52. The second kappa shape index (κ2) is 9.05. The van der Waals surface area contributed by atoms with Crippen molar-refractivity contribution in [3.8, 4) is 5.69 Å². The molecule has 26 heavy (non-hydrogen) atoms. The van der Waals surface area contributed by atoms with Crippen LogP contribution in [-0.2, 0) is 11.2 Å². The minimum atomic E-state index is -0.220.